The van der Waals surface area contributed by atoms with Gasteiger partial charge in [-0.3, -0.25) is 9.59 Å². The number of carbonyl (C=O) groups is 2. The number of hydrogen-bond acceptors (Lipinski definition) is 6. The number of thiazole rings is 1. The Labute approximate surface area is 182 Å². The largest absolute Gasteiger partial charge is 0.493 e. The molecule has 0 saturated heterocycles. The molecule has 0 aliphatic carbocycles. The van der Waals surface area contributed by atoms with Crippen molar-refractivity contribution in [1.29, 1.82) is 0 Å². The third kappa shape index (κ3) is 3.37. The Bertz CT molecular complexity index is 1340. The maximum Gasteiger partial charge on any atom is 0.287 e. The Hall–Kier alpha value is -3.55. The van der Waals surface area contributed by atoms with Crippen LogP contribution in [0.25, 0.3) is 21.3 Å². The van der Waals surface area contributed by atoms with Crippen LogP contribution in [-0.2, 0) is 6.42 Å². The van der Waals surface area contributed by atoms with E-state index in [1.165, 1.54) is 11.3 Å². The van der Waals surface area contributed by atoms with Crippen LogP contribution in [0.5, 0.6) is 5.75 Å². The number of hydrazine groups is 1. The van der Waals surface area contributed by atoms with Crippen molar-refractivity contribution in [2.24, 2.45) is 5.84 Å². The van der Waals surface area contributed by atoms with E-state index < -0.39 is 11.8 Å². The standard InChI is InChI=1S/C24H19N3O3S/c1-14-21(31-22(26-14)17-9-10-20-16(13-17)11-12-30-20)24(29)27(25)23(28)19-8-4-6-15-5-2-3-7-18(15)19/h2-10,13H,11-12,25H2,1H3. The molecule has 5 rings (SSSR count). The van der Waals surface area contributed by atoms with Crippen LogP contribution < -0.4 is 10.6 Å². The fourth-order valence-electron chi connectivity index (χ4n) is 3.78. The highest BCUT2D eigenvalue weighted by Gasteiger charge is 2.26. The number of nitrogens with zero attached hydrogens (tertiary/aromatic N) is 2. The number of rotatable bonds is 3. The lowest BCUT2D eigenvalue weighted by atomic mass is 10.0. The molecule has 0 atom stereocenters. The number of ether oxygens (including phenoxy) is 1. The van der Waals surface area contributed by atoms with Gasteiger partial charge in [-0.1, -0.05) is 36.4 Å². The summed E-state index contributed by atoms with van der Waals surface area (Å²) in [4.78, 5) is 31.0. The van der Waals surface area contributed by atoms with Gasteiger partial charge in [-0.25, -0.2) is 15.8 Å². The van der Waals surface area contributed by atoms with E-state index in [9.17, 15) is 9.59 Å². The fourth-order valence-corrected chi connectivity index (χ4v) is 4.78. The van der Waals surface area contributed by atoms with Gasteiger partial charge in [0.1, 0.15) is 15.6 Å². The molecule has 1 aliphatic rings. The van der Waals surface area contributed by atoms with Crippen LogP contribution in [0.2, 0.25) is 0 Å². The van der Waals surface area contributed by atoms with Crippen LogP contribution in [0.4, 0.5) is 0 Å². The number of aromatic nitrogens is 1. The number of benzene rings is 3. The molecule has 0 unspecified atom stereocenters. The lowest BCUT2D eigenvalue weighted by molar-refractivity contribution is 0.0619. The van der Waals surface area contributed by atoms with E-state index in [2.05, 4.69) is 4.98 Å². The lowest BCUT2D eigenvalue weighted by Gasteiger charge is -2.15. The van der Waals surface area contributed by atoms with Crippen LogP contribution in [0.3, 0.4) is 0 Å². The number of aryl methyl sites for hydroxylation is 1. The Kier molecular flexibility index (Phi) is 4.77. The zero-order valence-corrected chi connectivity index (χ0v) is 17.6. The highest BCUT2D eigenvalue weighted by molar-refractivity contribution is 7.17. The van der Waals surface area contributed by atoms with Gasteiger partial charge >= 0.3 is 0 Å². The molecule has 31 heavy (non-hydrogen) atoms. The van der Waals surface area contributed by atoms with Crippen molar-refractivity contribution in [1.82, 2.24) is 9.99 Å². The molecule has 0 bridgehead atoms. The van der Waals surface area contributed by atoms with Crippen LogP contribution in [-0.4, -0.2) is 28.4 Å². The van der Waals surface area contributed by atoms with Crippen LogP contribution in [0.1, 0.15) is 31.3 Å². The predicted octanol–water partition coefficient (Wildman–Crippen LogP) is 4.36. The number of amides is 2. The van der Waals surface area contributed by atoms with Gasteiger partial charge in [-0.05, 0) is 47.5 Å². The van der Waals surface area contributed by atoms with Crippen molar-refractivity contribution >= 4 is 33.9 Å². The highest BCUT2D eigenvalue weighted by Crippen LogP contribution is 2.34. The minimum Gasteiger partial charge on any atom is -0.493 e. The third-order valence-corrected chi connectivity index (χ3v) is 6.58. The van der Waals surface area contributed by atoms with Crippen molar-refractivity contribution in [3.05, 3.63) is 82.4 Å². The van der Waals surface area contributed by atoms with Gasteiger partial charge in [0.25, 0.3) is 11.8 Å². The normalized spacial score (nSPS) is 12.5. The molecule has 7 heteroatoms. The van der Waals surface area contributed by atoms with Crippen molar-refractivity contribution < 1.29 is 14.3 Å². The molecule has 6 nitrogen and oxygen atoms in total. The summed E-state index contributed by atoms with van der Waals surface area (Å²) in [5.74, 6) is 5.78. The summed E-state index contributed by atoms with van der Waals surface area (Å²) in [6, 6.07) is 18.8. The number of hydrogen-bond donors (Lipinski definition) is 1. The summed E-state index contributed by atoms with van der Waals surface area (Å²) in [6.45, 7) is 2.43. The number of nitrogens with two attached hydrogens (primary N) is 1. The van der Waals surface area contributed by atoms with Gasteiger partial charge in [0.05, 0.1) is 12.3 Å². The molecule has 154 valence electrons. The van der Waals surface area contributed by atoms with Gasteiger partial charge in [0, 0.05) is 17.5 Å². The van der Waals surface area contributed by atoms with Crippen LogP contribution in [0.15, 0.2) is 60.7 Å². The Morgan fingerprint density at radius 1 is 1.06 bits per heavy atom. The monoisotopic (exact) mass is 429 g/mol. The van der Waals surface area contributed by atoms with Crippen molar-refractivity contribution in [2.75, 3.05) is 6.61 Å². The topological polar surface area (TPSA) is 85.5 Å². The smallest absolute Gasteiger partial charge is 0.287 e. The molecule has 2 amide bonds. The average molecular weight is 430 g/mol. The van der Waals surface area contributed by atoms with Crippen LogP contribution >= 0.6 is 11.3 Å². The summed E-state index contributed by atoms with van der Waals surface area (Å²) in [5, 5.41) is 3.05. The number of imide groups is 1. The Balaban J connectivity index is 1.45. The fraction of sp³-hybridized carbons (Fsp3) is 0.125. The van der Waals surface area contributed by atoms with Gasteiger partial charge in [-0.15, -0.1) is 11.3 Å². The average Bonchev–Trinajstić information content (AvgIpc) is 3.43. The molecule has 2 heterocycles. The highest BCUT2D eigenvalue weighted by atomic mass is 32.1. The lowest BCUT2D eigenvalue weighted by Crippen LogP contribution is -2.42. The molecule has 2 N–H and O–H groups in total. The number of fused-ring (bicyclic) bond motifs is 2. The number of carbonyl (C=O) groups excluding carboxylic acids is 2. The van der Waals surface area contributed by atoms with E-state index in [4.69, 9.17) is 10.6 Å². The van der Waals surface area contributed by atoms with E-state index >= 15 is 0 Å². The zero-order chi connectivity index (χ0) is 21.5. The minimum atomic E-state index is -0.566. The van der Waals surface area contributed by atoms with E-state index in [0.29, 0.717) is 32.8 Å². The minimum absolute atomic E-state index is 0.350. The molecule has 0 spiro atoms. The van der Waals surface area contributed by atoms with Gasteiger partial charge in [0.2, 0.25) is 0 Å². The second-order valence-corrected chi connectivity index (χ2v) is 8.36. The molecule has 3 aromatic carbocycles. The zero-order valence-electron chi connectivity index (χ0n) is 16.8. The van der Waals surface area contributed by atoms with Gasteiger partial charge < -0.3 is 4.74 Å². The molecule has 1 aliphatic heterocycles. The molecule has 1 aromatic heterocycles. The first-order valence-corrected chi connectivity index (χ1v) is 10.7. The second-order valence-electron chi connectivity index (χ2n) is 7.36. The Morgan fingerprint density at radius 3 is 2.74 bits per heavy atom. The summed E-state index contributed by atoms with van der Waals surface area (Å²) < 4.78 is 5.56. The Morgan fingerprint density at radius 2 is 1.87 bits per heavy atom. The second kappa shape index (κ2) is 7.61. The SMILES string of the molecule is Cc1nc(-c2ccc3c(c2)CCO3)sc1C(=O)N(N)C(=O)c1cccc2ccccc12. The summed E-state index contributed by atoms with van der Waals surface area (Å²) in [6.07, 6.45) is 0.857. The van der Waals surface area contributed by atoms with E-state index in [-0.39, 0.29) is 0 Å². The van der Waals surface area contributed by atoms with E-state index in [0.717, 1.165) is 34.1 Å². The van der Waals surface area contributed by atoms with Gasteiger partial charge in [0.15, 0.2) is 0 Å². The first kappa shape index (κ1) is 19.4. The summed E-state index contributed by atoms with van der Waals surface area (Å²) in [5.41, 5.74) is 2.98. The van der Waals surface area contributed by atoms with E-state index in [1.807, 2.05) is 48.5 Å². The summed E-state index contributed by atoms with van der Waals surface area (Å²) in [7, 11) is 0. The predicted molar refractivity (Wildman–Crippen MR) is 120 cm³/mol. The van der Waals surface area contributed by atoms with Crippen molar-refractivity contribution in [3.8, 4) is 16.3 Å². The molecule has 0 radical (unpaired) electrons. The first-order chi connectivity index (χ1) is 15.0. The molecule has 0 saturated carbocycles. The quantitative estimate of drug-likeness (QED) is 0.226. The first-order valence-electron chi connectivity index (χ1n) is 9.87. The van der Waals surface area contributed by atoms with Crippen molar-refractivity contribution in [2.45, 2.75) is 13.3 Å². The van der Waals surface area contributed by atoms with E-state index in [1.54, 1.807) is 19.1 Å². The molecule has 4 aromatic rings. The van der Waals surface area contributed by atoms with Gasteiger partial charge in [-0.2, -0.15) is 0 Å². The molecular formula is C24H19N3O3S. The van der Waals surface area contributed by atoms with Crippen molar-refractivity contribution in [3.63, 3.8) is 0 Å². The maximum absolute atomic E-state index is 13.1. The molecule has 0 fully saturated rings. The maximum atomic E-state index is 13.1. The van der Waals surface area contributed by atoms with Crippen LogP contribution in [0, 0.1) is 6.92 Å². The summed E-state index contributed by atoms with van der Waals surface area (Å²) >= 11 is 1.24. The third-order valence-electron chi connectivity index (χ3n) is 5.38. The molecular weight excluding hydrogens is 410 g/mol.